The highest BCUT2D eigenvalue weighted by atomic mass is 32.2. The number of hydrogen-bond acceptors (Lipinski definition) is 4. The van der Waals surface area contributed by atoms with Crippen LogP contribution in [0.5, 0.6) is 5.75 Å². The lowest BCUT2D eigenvalue weighted by molar-refractivity contribution is -0.192. The Balaban J connectivity index is 0.000000572. The van der Waals surface area contributed by atoms with Crippen LogP contribution in [0, 0.1) is 11.3 Å². The van der Waals surface area contributed by atoms with Crippen molar-refractivity contribution in [1.29, 1.82) is 0 Å². The first-order valence-electron chi connectivity index (χ1n) is 11.8. The second kappa shape index (κ2) is 12.5. The van der Waals surface area contributed by atoms with Gasteiger partial charge in [0.15, 0.2) is 0 Å². The summed E-state index contributed by atoms with van der Waals surface area (Å²) in [6, 6.07) is 15.4. The molecule has 36 heavy (non-hydrogen) atoms. The van der Waals surface area contributed by atoms with Crippen molar-refractivity contribution < 1.29 is 36.2 Å². The first kappa shape index (κ1) is 29.5. The first-order valence-corrected chi connectivity index (χ1v) is 13.6. The van der Waals surface area contributed by atoms with Crippen LogP contribution < -0.4 is 9.46 Å². The van der Waals surface area contributed by atoms with Gasteiger partial charge in [-0.1, -0.05) is 38.1 Å². The van der Waals surface area contributed by atoms with Crippen molar-refractivity contribution in [1.82, 2.24) is 0 Å². The molecule has 0 amide bonds. The maximum Gasteiger partial charge on any atom is 0.490 e. The molecule has 0 atom stereocenters. The van der Waals surface area contributed by atoms with E-state index in [9.17, 15) is 21.6 Å². The molecule has 0 bridgehead atoms. The number of carboxylic acid groups (broad SMARTS) is 1. The molecule has 0 aromatic heterocycles. The number of hydrogen-bond donors (Lipinski definition) is 2. The average Bonchev–Trinajstić information content (AvgIpc) is 2.77. The second-order valence-electron chi connectivity index (χ2n) is 9.88. The summed E-state index contributed by atoms with van der Waals surface area (Å²) in [5.74, 6) is -1.02. The molecule has 200 valence electrons. The Morgan fingerprint density at radius 1 is 1.08 bits per heavy atom. The summed E-state index contributed by atoms with van der Waals surface area (Å²) < 4.78 is 63.0. The van der Waals surface area contributed by atoms with Gasteiger partial charge in [0.1, 0.15) is 5.75 Å². The summed E-state index contributed by atoms with van der Waals surface area (Å²) >= 11 is 0. The van der Waals surface area contributed by atoms with Gasteiger partial charge in [-0.2, -0.15) is 13.2 Å². The summed E-state index contributed by atoms with van der Waals surface area (Å²) in [4.78, 5) is 8.90. The molecule has 0 spiro atoms. The number of nitrogens with one attached hydrogen (secondary N) is 1. The van der Waals surface area contributed by atoms with Crippen LogP contribution >= 0.6 is 0 Å². The number of benzene rings is 2. The van der Waals surface area contributed by atoms with Crippen molar-refractivity contribution in [2.24, 2.45) is 11.3 Å². The molecule has 1 aliphatic rings. The van der Waals surface area contributed by atoms with Gasteiger partial charge in [-0.3, -0.25) is 4.72 Å². The van der Waals surface area contributed by atoms with E-state index in [0.717, 1.165) is 42.1 Å². The Labute approximate surface area is 210 Å². The Hall–Kier alpha value is -2.75. The third kappa shape index (κ3) is 10.9. The minimum absolute atomic E-state index is 0.537. The normalized spacial score (nSPS) is 15.9. The zero-order chi connectivity index (χ0) is 27.0. The largest absolute Gasteiger partial charge is 0.494 e. The summed E-state index contributed by atoms with van der Waals surface area (Å²) in [7, 11) is -3.28. The van der Waals surface area contributed by atoms with Gasteiger partial charge >= 0.3 is 12.1 Å². The van der Waals surface area contributed by atoms with E-state index in [-0.39, 0.29) is 0 Å². The number of alkyl halides is 3. The molecular formula is C26H34F3NO5S. The predicted molar refractivity (Wildman–Crippen MR) is 135 cm³/mol. The van der Waals surface area contributed by atoms with Gasteiger partial charge in [-0.05, 0) is 85.3 Å². The molecule has 10 heteroatoms. The zero-order valence-electron chi connectivity index (χ0n) is 20.8. The zero-order valence-corrected chi connectivity index (χ0v) is 21.6. The van der Waals surface area contributed by atoms with Gasteiger partial charge < -0.3 is 9.84 Å². The highest BCUT2D eigenvalue weighted by Gasteiger charge is 2.38. The molecule has 3 rings (SSSR count). The third-order valence-electron chi connectivity index (χ3n) is 6.08. The molecule has 2 aromatic rings. The van der Waals surface area contributed by atoms with Crippen LogP contribution in [0.4, 0.5) is 18.9 Å². The fourth-order valence-electron chi connectivity index (χ4n) is 4.03. The smallest absolute Gasteiger partial charge is 0.490 e. The molecule has 0 unspecified atom stereocenters. The molecule has 0 saturated heterocycles. The van der Waals surface area contributed by atoms with Crippen molar-refractivity contribution in [2.75, 3.05) is 17.6 Å². The number of anilines is 1. The fraction of sp³-hybridized carbons (Fsp3) is 0.500. The van der Waals surface area contributed by atoms with Gasteiger partial charge in [0, 0.05) is 5.69 Å². The maximum absolute atomic E-state index is 11.4. The molecule has 0 aliphatic heterocycles. The quantitative estimate of drug-likeness (QED) is 0.370. The van der Waals surface area contributed by atoms with Gasteiger partial charge in [0.2, 0.25) is 10.0 Å². The van der Waals surface area contributed by atoms with E-state index in [1.807, 2.05) is 42.5 Å². The van der Waals surface area contributed by atoms with Gasteiger partial charge in [-0.25, -0.2) is 13.2 Å². The molecule has 6 nitrogen and oxygen atoms in total. The van der Waals surface area contributed by atoms with E-state index in [0.29, 0.717) is 11.1 Å². The second-order valence-corrected chi connectivity index (χ2v) is 11.6. The first-order chi connectivity index (χ1) is 16.6. The molecule has 1 saturated carbocycles. The average molecular weight is 530 g/mol. The lowest BCUT2D eigenvalue weighted by Crippen LogP contribution is -2.21. The van der Waals surface area contributed by atoms with Crippen molar-refractivity contribution in [3.63, 3.8) is 0 Å². The Kier molecular flexibility index (Phi) is 10.2. The third-order valence-corrected chi connectivity index (χ3v) is 6.69. The Bertz CT molecular complexity index is 1090. The van der Waals surface area contributed by atoms with Crippen LogP contribution in [0.25, 0.3) is 11.1 Å². The fourth-order valence-corrected chi connectivity index (χ4v) is 4.58. The number of aliphatic carboxylic acids is 1. The maximum atomic E-state index is 11.4. The minimum Gasteiger partial charge on any atom is -0.494 e. The highest BCUT2D eigenvalue weighted by molar-refractivity contribution is 7.92. The number of rotatable bonds is 8. The Morgan fingerprint density at radius 2 is 1.67 bits per heavy atom. The standard InChI is InChI=1S/C24H33NO3S.C2HF3O2/c1-24(2)15-13-19(14-16-24)6-5-17-28-23-11-9-20(10-12-23)21-7-4-8-22(18-21)25-29(3,26)27;3-2(4,5)1(6)7/h4,7-12,18-19,25H,5-6,13-17H2,1-3H3;(H,6,7). The summed E-state index contributed by atoms with van der Waals surface area (Å²) in [6.07, 6.45) is 3.84. The van der Waals surface area contributed by atoms with Crippen LogP contribution in [0.1, 0.15) is 52.4 Å². The highest BCUT2D eigenvalue weighted by Crippen LogP contribution is 2.39. The number of sulfonamides is 1. The molecule has 0 radical (unpaired) electrons. The Morgan fingerprint density at radius 3 is 2.19 bits per heavy atom. The lowest BCUT2D eigenvalue weighted by Gasteiger charge is -2.34. The van der Waals surface area contributed by atoms with E-state index < -0.39 is 22.2 Å². The van der Waals surface area contributed by atoms with Crippen LogP contribution in [-0.4, -0.2) is 38.5 Å². The molecule has 2 N–H and O–H groups in total. The topological polar surface area (TPSA) is 92.7 Å². The van der Waals surface area contributed by atoms with E-state index in [4.69, 9.17) is 14.6 Å². The van der Waals surface area contributed by atoms with Crippen molar-refractivity contribution in [3.05, 3.63) is 48.5 Å². The molecule has 0 heterocycles. The van der Waals surface area contributed by atoms with Crippen LogP contribution in [0.3, 0.4) is 0 Å². The monoisotopic (exact) mass is 529 g/mol. The van der Waals surface area contributed by atoms with Gasteiger partial charge in [0.25, 0.3) is 0 Å². The van der Waals surface area contributed by atoms with Crippen LogP contribution in [0.2, 0.25) is 0 Å². The van der Waals surface area contributed by atoms with E-state index in [1.165, 1.54) is 32.1 Å². The summed E-state index contributed by atoms with van der Waals surface area (Å²) in [6.45, 7) is 5.52. The number of ether oxygens (including phenoxy) is 1. The number of carboxylic acids is 1. The van der Waals surface area contributed by atoms with Gasteiger partial charge in [0.05, 0.1) is 12.9 Å². The van der Waals surface area contributed by atoms with Crippen LogP contribution in [-0.2, 0) is 14.8 Å². The minimum atomic E-state index is -5.08. The van der Waals surface area contributed by atoms with Crippen LogP contribution in [0.15, 0.2) is 48.5 Å². The molecule has 1 fully saturated rings. The molecular weight excluding hydrogens is 495 g/mol. The summed E-state index contributed by atoms with van der Waals surface area (Å²) in [5.41, 5.74) is 3.09. The number of carbonyl (C=O) groups is 1. The SMILES string of the molecule is CC1(C)CCC(CCCOc2ccc(-c3cccc(NS(C)(=O)=O)c3)cc2)CC1.O=C(O)C(F)(F)F. The number of halogens is 3. The molecule has 1 aliphatic carbocycles. The van der Waals surface area contributed by atoms with E-state index >= 15 is 0 Å². The summed E-state index contributed by atoms with van der Waals surface area (Å²) in [5, 5.41) is 7.12. The lowest BCUT2D eigenvalue weighted by atomic mass is 9.72. The van der Waals surface area contributed by atoms with Crippen molar-refractivity contribution in [2.45, 2.75) is 58.5 Å². The molecule has 2 aromatic carbocycles. The van der Waals surface area contributed by atoms with E-state index in [1.54, 1.807) is 6.07 Å². The van der Waals surface area contributed by atoms with Crippen molar-refractivity contribution >= 4 is 21.7 Å². The van der Waals surface area contributed by atoms with E-state index in [2.05, 4.69) is 18.6 Å². The predicted octanol–water partition coefficient (Wildman–Crippen LogP) is 6.73. The van der Waals surface area contributed by atoms with Crippen molar-refractivity contribution in [3.8, 4) is 16.9 Å². The van der Waals surface area contributed by atoms with Gasteiger partial charge in [-0.15, -0.1) is 0 Å².